The lowest BCUT2D eigenvalue weighted by Crippen LogP contribution is -2.39. The Labute approximate surface area is 201 Å². The largest absolute Gasteiger partial charge is 0.318 e. The average Bonchev–Trinajstić information content (AvgIpc) is 2.98. The molecule has 1 heterocycles. The van der Waals surface area contributed by atoms with Crippen LogP contribution in [-0.2, 0) is 14.8 Å². The van der Waals surface area contributed by atoms with Crippen molar-refractivity contribution >= 4 is 51.0 Å². The fourth-order valence-electron chi connectivity index (χ4n) is 3.33. The van der Waals surface area contributed by atoms with E-state index < -0.39 is 22.5 Å². The Morgan fingerprint density at radius 2 is 1.73 bits per heavy atom. The Morgan fingerprint density at radius 1 is 1.12 bits per heavy atom. The van der Waals surface area contributed by atoms with Gasteiger partial charge in [0, 0.05) is 32.7 Å². The monoisotopic (exact) mass is 510 g/mol. The third-order valence-electron chi connectivity index (χ3n) is 4.77. The Balaban J connectivity index is 1.75. The number of sulfonamides is 1. The van der Waals surface area contributed by atoms with E-state index in [0.29, 0.717) is 0 Å². The summed E-state index contributed by atoms with van der Waals surface area (Å²) in [6.45, 7) is 3.25. The number of rotatable bonds is 7. The van der Waals surface area contributed by atoms with Gasteiger partial charge < -0.3 is 4.57 Å². The summed E-state index contributed by atoms with van der Waals surface area (Å²) in [6.07, 6.45) is 2.43. The highest BCUT2D eigenvalue weighted by atomic mass is 35.5. The van der Waals surface area contributed by atoms with Crippen molar-refractivity contribution in [1.82, 2.24) is 9.99 Å². The number of anilines is 1. The minimum absolute atomic E-state index is 0.164. The van der Waals surface area contributed by atoms with Crippen LogP contribution in [0.2, 0.25) is 10.0 Å². The van der Waals surface area contributed by atoms with Crippen molar-refractivity contribution in [2.45, 2.75) is 13.8 Å². The number of hydrogen-bond donors (Lipinski definition) is 1. The molecule has 0 fully saturated rings. The van der Waals surface area contributed by atoms with E-state index in [1.54, 1.807) is 12.1 Å². The van der Waals surface area contributed by atoms with Crippen molar-refractivity contribution in [2.75, 3.05) is 17.1 Å². The fourth-order valence-corrected chi connectivity index (χ4v) is 4.68. The van der Waals surface area contributed by atoms with Crippen molar-refractivity contribution in [2.24, 2.45) is 5.10 Å². The summed E-state index contributed by atoms with van der Waals surface area (Å²) in [5.74, 6) is -0.978. The smallest absolute Gasteiger partial charge is 0.260 e. The first-order valence-corrected chi connectivity index (χ1v) is 12.3. The summed E-state index contributed by atoms with van der Waals surface area (Å²) in [6, 6.07) is 12.2. The lowest BCUT2D eigenvalue weighted by atomic mass is 10.2. The first kappa shape index (κ1) is 24.8. The van der Waals surface area contributed by atoms with Gasteiger partial charge in [-0.3, -0.25) is 9.10 Å². The molecule has 0 saturated heterocycles. The molecule has 33 heavy (non-hydrogen) atoms. The van der Waals surface area contributed by atoms with Gasteiger partial charge in [-0.1, -0.05) is 23.2 Å². The van der Waals surface area contributed by atoms with Gasteiger partial charge in [-0.25, -0.2) is 18.2 Å². The third-order valence-corrected chi connectivity index (χ3v) is 6.35. The molecule has 174 valence electrons. The summed E-state index contributed by atoms with van der Waals surface area (Å²) in [7, 11) is -3.79. The molecule has 3 aromatic rings. The van der Waals surface area contributed by atoms with Crippen LogP contribution in [0.1, 0.15) is 17.0 Å². The summed E-state index contributed by atoms with van der Waals surface area (Å²) in [5.41, 5.74) is 5.76. The van der Waals surface area contributed by atoms with E-state index in [-0.39, 0.29) is 21.5 Å². The van der Waals surface area contributed by atoms with E-state index in [1.807, 2.05) is 24.5 Å². The van der Waals surface area contributed by atoms with Gasteiger partial charge in [-0.2, -0.15) is 5.10 Å². The van der Waals surface area contributed by atoms with Crippen LogP contribution < -0.4 is 9.73 Å². The molecule has 7 nitrogen and oxygen atoms in total. The van der Waals surface area contributed by atoms with Crippen molar-refractivity contribution < 1.29 is 17.6 Å². The average molecular weight is 511 g/mol. The van der Waals surface area contributed by atoms with Crippen LogP contribution in [-0.4, -0.2) is 37.9 Å². The van der Waals surface area contributed by atoms with E-state index in [9.17, 15) is 17.6 Å². The zero-order valence-electron chi connectivity index (χ0n) is 18.0. The highest BCUT2D eigenvalue weighted by Gasteiger charge is 2.21. The zero-order valence-corrected chi connectivity index (χ0v) is 20.3. The van der Waals surface area contributed by atoms with Crippen LogP contribution >= 0.6 is 23.2 Å². The first-order chi connectivity index (χ1) is 15.5. The van der Waals surface area contributed by atoms with Crippen LogP contribution in [0.25, 0.3) is 5.69 Å². The second-order valence-corrected chi connectivity index (χ2v) is 10.1. The van der Waals surface area contributed by atoms with Crippen molar-refractivity contribution in [3.63, 3.8) is 0 Å². The second kappa shape index (κ2) is 9.94. The van der Waals surface area contributed by atoms with E-state index in [4.69, 9.17) is 23.2 Å². The summed E-state index contributed by atoms with van der Waals surface area (Å²) >= 11 is 11.9. The van der Waals surface area contributed by atoms with Gasteiger partial charge in [0.1, 0.15) is 12.4 Å². The molecule has 2 aromatic carbocycles. The minimum Gasteiger partial charge on any atom is -0.318 e. The van der Waals surface area contributed by atoms with Gasteiger partial charge in [0.25, 0.3) is 5.91 Å². The van der Waals surface area contributed by atoms with Crippen LogP contribution in [0.4, 0.5) is 10.1 Å². The number of aryl methyl sites for hydroxylation is 1. The minimum atomic E-state index is -3.79. The van der Waals surface area contributed by atoms with E-state index in [0.717, 1.165) is 33.2 Å². The number of aromatic nitrogens is 1. The maximum Gasteiger partial charge on any atom is 0.260 e. The molecule has 0 aliphatic rings. The lowest BCUT2D eigenvalue weighted by molar-refractivity contribution is -0.119. The van der Waals surface area contributed by atoms with E-state index in [2.05, 4.69) is 10.5 Å². The van der Waals surface area contributed by atoms with E-state index in [1.165, 1.54) is 36.5 Å². The third kappa shape index (κ3) is 6.13. The highest BCUT2D eigenvalue weighted by molar-refractivity contribution is 7.92. The number of hydrazone groups is 1. The molecule has 0 bridgehead atoms. The number of amides is 1. The standard InChI is InChI=1S/C22H21Cl2FN4O3S/c1-14-8-16(15(2)29(14)20-6-4-19(25)5-7-20)12-26-27-22(30)13-28(33(3,31)32)21-10-17(23)9-18(24)11-21/h4-12H,13H2,1-3H3,(H,27,30)/b26-12+. The Kier molecular flexibility index (Phi) is 7.46. The number of halogens is 3. The molecule has 3 rings (SSSR count). The first-order valence-electron chi connectivity index (χ1n) is 9.66. The summed E-state index contributed by atoms with van der Waals surface area (Å²) < 4.78 is 40.5. The number of benzene rings is 2. The van der Waals surface area contributed by atoms with Crippen molar-refractivity contribution in [1.29, 1.82) is 0 Å². The quantitative estimate of drug-likeness (QED) is 0.376. The van der Waals surface area contributed by atoms with Crippen LogP contribution in [0.15, 0.2) is 53.6 Å². The number of carbonyl (C=O) groups excluding carboxylic acids is 1. The van der Waals surface area contributed by atoms with Crippen LogP contribution in [0.5, 0.6) is 0 Å². The SMILES string of the molecule is Cc1cc(/C=N/NC(=O)CN(c2cc(Cl)cc(Cl)c2)S(C)(=O)=O)c(C)n1-c1ccc(F)cc1. The number of nitrogens with one attached hydrogen (secondary N) is 1. The van der Waals surface area contributed by atoms with Gasteiger partial charge in [0.2, 0.25) is 10.0 Å². The van der Waals surface area contributed by atoms with Crippen molar-refractivity contribution in [3.05, 3.63) is 81.3 Å². The van der Waals surface area contributed by atoms with Gasteiger partial charge >= 0.3 is 0 Å². The molecule has 0 aliphatic heterocycles. The molecule has 0 unspecified atom stereocenters. The number of carbonyl (C=O) groups is 1. The maximum absolute atomic E-state index is 13.2. The molecule has 11 heteroatoms. The number of nitrogens with zero attached hydrogens (tertiary/aromatic N) is 3. The van der Waals surface area contributed by atoms with Crippen LogP contribution in [0.3, 0.4) is 0 Å². The molecule has 0 spiro atoms. The van der Waals surface area contributed by atoms with Crippen LogP contribution in [0, 0.1) is 19.7 Å². The Bertz CT molecular complexity index is 1300. The Hall–Kier alpha value is -2.88. The topological polar surface area (TPSA) is 83.8 Å². The summed E-state index contributed by atoms with van der Waals surface area (Å²) in [4.78, 5) is 12.4. The normalized spacial score (nSPS) is 11.7. The highest BCUT2D eigenvalue weighted by Crippen LogP contribution is 2.27. The molecule has 1 N–H and O–H groups in total. The molecule has 0 atom stereocenters. The fraction of sp³-hybridized carbons (Fsp3) is 0.182. The predicted octanol–water partition coefficient (Wildman–Crippen LogP) is 4.46. The van der Waals surface area contributed by atoms with Gasteiger partial charge in [-0.05, 0) is 62.4 Å². The maximum atomic E-state index is 13.2. The molecular weight excluding hydrogens is 490 g/mol. The molecule has 1 aromatic heterocycles. The molecule has 1 amide bonds. The zero-order chi connectivity index (χ0) is 24.3. The molecular formula is C22H21Cl2FN4O3S. The van der Waals surface area contributed by atoms with E-state index >= 15 is 0 Å². The van der Waals surface area contributed by atoms with Crippen molar-refractivity contribution in [3.8, 4) is 5.69 Å². The molecule has 0 aliphatic carbocycles. The van der Waals surface area contributed by atoms with Gasteiger partial charge in [0.15, 0.2) is 0 Å². The molecule has 0 saturated carbocycles. The Morgan fingerprint density at radius 3 is 2.30 bits per heavy atom. The van der Waals surface area contributed by atoms with Gasteiger partial charge in [0.05, 0.1) is 18.2 Å². The lowest BCUT2D eigenvalue weighted by Gasteiger charge is -2.21. The molecule has 0 radical (unpaired) electrons. The summed E-state index contributed by atoms with van der Waals surface area (Å²) in [5, 5.41) is 4.43. The van der Waals surface area contributed by atoms with Gasteiger partial charge in [-0.15, -0.1) is 0 Å². The second-order valence-electron chi connectivity index (χ2n) is 7.33. The predicted molar refractivity (Wildman–Crippen MR) is 130 cm³/mol. The number of hydrogen-bond acceptors (Lipinski definition) is 4.